The van der Waals surface area contributed by atoms with Crippen molar-refractivity contribution in [3.63, 3.8) is 0 Å². The molecule has 1 aromatic rings. The number of benzene rings is 1. The Hall–Kier alpha value is -1.52. The van der Waals surface area contributed by atoms with Gasteiger partial charge in [-0.15, -0.1) is 0 Å². The Kier molecular flexibility index (Phi) is 6.39. The van der Waals surface area contributed by atoms with Crippen LogP contribution in [0.15, 0.2) is 30.4 Å². The molecule has 0 saturated carbocycles. The molecule has 0 amide bonds. The van der Waals surface area contributed by atoms with Crippen molar-refractivity contribution in [2.45, 2.75) is 13.3 Å². The lowest BCUT2D eigenvalue weighted by Crippen LogP contribution is -2.07. The summed E-state index contributed by atoms with van der Waals surface area (Å²) in [6.07, 6.45) is 2.67. The highest BCUT2D eigenvalue weighted by Gasteiger charge is 2.07. The molecule has 0 heterocycles. The molecule has 4 nitrogen and oxygen atoms in total. The summed E-state index contributed by atoms with van der Waals surface area (Å²) in [5.74, 6) is -1.21. The Morgan fingerprint density at radius 1 is 1.21 bits per heavy atom. The van der Waals surface area contributed by atoms with Crippen molar-refractivity contribution in [2.24, 2.45) is 0 Å². The fourth-order valence-corrected chi connectivity index (χ4v) is 1.40. The number of esters is 2. The zero-order chi connectivity index (χ0) is 14.3. The molecule has 0 N–H and O–H groups in total. The maximum atomic E-state index is 11.4. The Morgan fingerprint density at radius 2 is 1.89 bits per heavy atom. The first-order valence-corrected chi connectivity index (χ1v) is 6.30. The van der Waals surface area contributed by atoms with Crippen molar-refractivity contribution in [3.8, 4) is 5.75 Å². The van der Waals surface area contributed by atoms with E-state index in [0.717, 1.165) is 12.2 Å². The molecule has 0 saturated heterocycles. The van der Waals surface area contributed by atoms with Crippen LogP contribution in [0.2, 0.25) is 10.0 Å². The van der Waals surface area contributed by atoms with Crippen molar-refractivity contribution < 1.29 is 19.1 Å². The fraction of sp³-hybridized carbons (Fsp3) is 0.231. The minimum absolute atomic E-state index is 0.130. The first kappa shape index (κ1) is 15.5. The molecule has 0 aliphatic carbocycles. The molecule has 0 aliphatic heterocycles. The average molecular weight is 303 g/mol. The summed E-state index contributed by atoms with van der Waals surface area (Å²) in [7, 11) is 0. The maximum Gasteiger partial charge on any atom is 0.336 e. The second-order valence-corrected chi connectivity index (χ2v) is 4.34. The van der Waals surface area contributed by atoms with E-state index >= 15 is 0 Å². The number of carbonyl (C=O) groups is 2. The van der Waals surface area contributed by atoms with Gasteiger partial charge in [-0.3, -0.25) is 0 Å². The predicted octanol–water partition coefficient (Wildman–Crippen LogP) is 3.41. The smallest absolute Gasteiger partial charge is 0.336 e. The highest BCUT2D eigenvalue weighted by molar-refractivity contribution is 6.34. The van der Waals surface area contributed by atoms with Gasteiger partial charge in [0.2, 0.25) is 0 Å². The second-order valence-electron chi connectivity index (χ2n) is 3.50. The van der Waals surface area contributed by atoms with E-state index in [2.05, 4.69) is 0 Å². The van der Waals surface area contributed by atoms with Crippen molar-refractivity contribution in [2.75, 3.05) is 6.61 Å². The Bertz CT molecular complexity index is 497. The first-order chi connectivity index (χ1) is 9.02. The van der Waals surface area contributed by atoms with Gasteiger partial charge in [-0.25, -0.2) is 9.59 Å². The second kappa shape index (κ2) is 7.81. The molecule has 102 valence electrons. The third-order valence-corrected chi connectivity index (χ3v) is 2.46. The van der Waals surface area contributed by atoms with Crippen molar-refractivity contribution in [1.29, 1.82) is 0 Å². The lowest BCUT2D eigenvalue weighted by molar-refractivity contribution is -0.138. The number of halogens is 2. The number of hydrogen-bond acceptors (Lipinski definition) is 4. The molecule has 0 atom stereocenters. The summed E-state index contributed by atoms with van der Waals surface area (Å²) in [6.45, 7) is 2.17. The number of carbonyl (C=O) groups excluding carboxylic acids is 2. The highest BCUT2D eigenvalue weighted by atomic mass is 35.5. The van der Waals surface area contributed by atoms with E-state index in [1.54, 1.807) is 6.07 Å². The molecule has 0 aliphatic rings. The van der Waals surface area contributed by atoms with Gasteiger partial charge in [-0.05, 0) is 18.6 Å². The Balaban J connectivity index is 2.58. The third-order valence-electron chi connectivity index (χ3n) is 1.91. The SMILES string of the molecule is CCCOC(=O)/C=C/C(=O)Oc1cc(Cl)ccc1Cl. The molecule has 1 rings (SSSR count). The molecule has 0 unspecified atom stereocenters. The summed E-state index contributed by atoms with van der Waals surface area (Å²) < 4.78 is 9.68. The van der Waals surface area contributed by atoms with Crippen LogP contribution in [0.3, 0.4) is 0 Å². The van der Waals surface area contributed by atoms with E-state index in [-0.39, 0.29) is 10.8 Å². The van der Waals surface area contributed by atoms with Gasteiger partial charge in [0.25, 0.3) is 0 Å². The van der Waals surface area contributed by atoms with Crippen LogP contribution >= 0.6 is 23.2 Å². The minimum atomic E-state index is -0.738. The predicted molar refractivity (Wildman–Crippen MR) is 72.5 cm³/mol. The van der Waals surface area contributed by atoms with Gasteiger partial charge in [0.15, 0.2) is 5.75 Å². The molecular weight excluding hydrogens is 291 g/mol. The summed E-state index contributed by atoms with van der Waals surface area (Å²) in [5, 5.41) is 0.637. The summed E-state index contributed by atoms with van der Waals surface area (Å²) in [5.41, 5.74) is 0. The van der Waals surface area contributed by atoms with Crippen LogP contribution in [0, 0.1) is 0 Å². The standard InChI is InChI=1S/C13H12Cl2O4/c1-2-7-18-12(16)5-6-13(17)19-11-8-9(14)3-4-10(11)15/h3-6,8H,2,7H2,1H3/b6-5+. The largest absolute Gasteiger partial charge is 0.463 e. The van der Waals surface area contributed by atoms with Crippen LogP contribution in [0.5, 0.6) is 5.75 Å². The zero-order valence-corrected chi connectivity index (χ0v) is 11.7. The van der Waals surface area contributed by atoms with E-state index < -0.39 is 11.9 Å². The summed E-state index contributed by atoms with van der Waals surface area (Å²) in [4.78, 5) is 22.6. The Labute approximate surface area is 120 Å². The van der Waals surface area contributed by atoms with Crippen molar-refractivity contribution in [3.05, 3.63) is 40.4 Å². The third kappa shape index (κ3) is 5.77. The van der Waals surface area contributed by atoms with Crippen LogP contribution < -0.4 is 4.74 Å². The van der Waals surface area contributed by atoms with Crippen molar-refractivity contribution >= 4 is 35.1 Å². The number of ether oxygens (including phenoxy) is 2. The van der Waals surface area contributed by atoms with E-state index in [0.29, 0.717) is 18.1 Å². The molecule has 0 radical (unpaired) electrons. The normalized spacial score (nSPS) is 10.5. The number of hydrogen-bond donors (Lipinski definition) is 0. The lowest BCUT2D eigenvalue weighted by atomic mass is 10.3. The summed E-state index contributed by atoms with van der Waals surface area (Å²) in [6, 6.07) is 4.48. The van der Waals surface area contributed by atoms with Gasteiger partial charge in [-0.1, -0.05) is 30.1 Å². The van der Waals surface area contributed by atoms with Gasteiger partial charge in [0, 0.05) is 23.2 Å². The van der Waals surface area contributed by atoms with Gasteiger partial charge in [0.1, 0.15) is 0 Å². The zero-order valence-electron chi connectivity index (χ0n) is 10.2. The van der Waals surface area contributed by atoms with Gasteiger partial charge in [0.05, 0.1) is 11.6 Å². The van der Waals surface area contributed by atoms with E-state index in [4.69, 9.17) is 32.7 Å². The van der Waals surface area contributed by atoms with E-state index in [1.165, 1.54) is 12.1 Å². The van der Waals surface area contributed by atoms with Crippen LogP contribution in [-0.4, -0.2) is 18.5 Å². The fourth-order valence-electron chi connectivity index (χ4n) is 1.08. The van der Waals surface area contributed by atoms with Crippen LogP contribution in [0.25, 0.3) is 0 Å². The molecular formula is C13H12Cl2O4. The van der Waals surface area contributed by atoms with Crippen LogP contribution in [-0.2, 0) is 14.3 Å². The monoisotopic (exact) mass is 302 g/mol. The molecule has 0 spiro atoms. The molecule has 1 aromatic carbocycles. The number of rotatable bonds is 5. The van der Waals surface area contributed by atoms with Gasteiger partial charge >= 0.3 is 11.9 Å². The minimum Gasteiger partial charge on any atom is -0.463 e. The molecule has 19 heavy (non-hydrogen) atoms. The molecule has 0 bridgehead atoms. The molecule has 0 aromatic heterocycles. The van der Waals surface area contributed by atoms with E-state index in [1.807, 2.05) is 6.92 Å². The quantitative estimate of drug-likeness (QED) is 0.475. The van der Waals surface area contributed by atoms with Crippen molar-refractivity contribution in [1.82, 2.24) is 0 Å². The first-order valence-electron chi connectivity index (χ1n) is 5.54. The van der Waals surface area contributed by atoms with Gasteiger partial charge < -0.3 is 9.47 Å². The lowest BCUT2D eigenvalue weighted by Gasteiger charge is -2.04. The average Bonchev–Trinajstić information content (AvgIpc) is 2.38. The van der Waals surface area contributed by atoms with Crippen LogP contribution in [0.1, 0.15) is 13.3 Å². The van der Waals surface area contributed by atoms with Gasteiger partial charge in [-0.2, -0.15) is 0 Å². The topological polar surface area (TPSA) is 52.6 Å². The summed E-state index contributed by atoms with van der Waals surface area (Å²) >= 11 is 11.6. The van der Waals surface area contributed by atoms with E-state index in [9.17, 15) is 9.59 Å². The Morgan fingerprint density at radius 3 is 2.58 bits per heavy atom. The molecule has 0 fully saturated rings. The van der Waals surface area contributed by atoms with Crippen LogP contribution in [0.4, 0.5) is 0 Å². The maximum absolute atomic E-state index is 11.4. The molecule has 6 heteroatoms. The highest BCUT2D eigenvalue weighted by Crippen LogP contribution is 2.27.